The van der Waals surface area contributed by atoms with Crippen LogP contribution >= 0.6 is 11.8 Å². The van der Waals surface area contributed by atoms with E-state index in [0.29, 0.717) is 18.3 Å². The third-order valence-electron chi connectivity index (χ3n) is 7.10. The summed E-state index contributed by atoms with van der Waals surface area (Å²) in [5.41, 5.74) is 4.12. The lowest BCUT2D eigenvalue weighted by Gasteiger charge is -2.24. The molecule has 0 radical (unpaired) electrons. The number of imidazole rings is 1. The summed E-state index contributed by atoms with van der Waals surface area (Å²) in [5, 5.41) is 0. The molecular formula is C31H45N3OS. The lowest BCUT2D eigenvalue weighted by Crippen LogP contribution is -2.21. The predicted molar refractivity (Wildman–Crippen MR) is 158 cm³/mol. The number of hydrogen-bond acceptors (Lipinski definition) is 4. The zero-order chi connectivity index (χ0) is 26.1. The van der Waals surface area contributed by atoms with Crippen molar-refractivity contribution >= 4 is 40.3 Å². The highest BCUT2D eigenvalue weighted by Crippen LogP contribution is 2.33. The van der Waals surface area contributed by atoms with Gasteiger partial charge < -0.3 is 4.90 Å². The molecule has 4 nitrogen and oxygen atoms in total. The largest absolute Gasteiger partial charge is 0.315 e. The molecule has 5 heteroatoms. The van der Waals surface area contributed by atoms with Crippen molar-refractivity contribution in [1.29, 1.82) is 0 Å². The Morgan fingerprint density at radius 1 is 1.06 bits per heavy atom. The second-order valence-electron chi connectivity index (χ2n) is 10.6. The molecule has 196 valence electrons. The number of unbranched alkanes of at least 4 members (excludes halogenated alkanes) is 3. The minimum Gasteiger partial charge on any atom is -0.315 e. The third kappa shape index (κ3) is 7.38. The number of nitrogens with zero attached hydrogens (tertiary/aromatic N) is 3. The van der Waals surface area contributed by atoms with Crippen LogP contribution in [0.2, 0.25) is 0 Å². The summed E-state index contributed by atoms with van der Waals surface area (Å²) in [5.74, 6) is 2.10. The Labute approximate surface area is 222 Å². The number of carbonyl (C=O) groups is 1. The molecule has 0 fully saturated rings. The van der Waals surface area contributed by atoms with Crippen LogP contribution in [0.3, 0.4) is 0 Å². The molecule has 0 amide bonds. The molecule has 0 aliphatic carbocycles. The Bertz CT molecular complexity index is 1110. The van der Waals surface area contributed by atoms with Crippen molar-refractivity contribution < 1.29 is 4.79 Å². The summed E-state index contributed by atoms with van der Waals surface area (Å²) >= 11 is 1.91. The van der Waals surface area contributed by atoms with Crippen LogP contribution < -0.4 is 4.90 Å². The Balaban J connectivity index is 1.89. The fraction of sp³-hybridized carbons (Fsp3) is 0.548. The predicted octanol–water partition coefficient (Wildman–Crippen LogP) is 9.22. The molecule has 36 heavy (non-hydrogen) atoms. The maximum Gasteiger partial charge on any atom is 0.234 e. The Hall–Kier alpha value is -2.27. The van der Waals surface area contributed by atoms with E-state index in [1.54, 1.807) is 0 Å². The van der Waals surface area contributed by atoms with Gasteiger partial charge in [-0.3, -0.25) is 4.79 Å². The molecule has 1 heterocycles. The minimum atomic E-state index is 0.109. The quantitative estimate of drug-likeness (QED) is 0.204. The highest BCUT2D eigenvalue weighted by atomic mass is 32.2. The summed E-state index contributed by atoms with van der Waals surface area (Å²) in [6.07, 6.45) is 9.05. The smallest absolute Gasteiger partial charge is 0.234 e. The van der Waals surface area contributed by atoms with Gasteiger partial charge in [0.05, 0.1) is 11.0 Å². The average Bonchev–Trinajstić information content (AvgIpc) is 3.26. The molecule has 2 aromatic carbocycles. The SMILES string of the molecule is CCCCCC(C)c1ccc2c(c1)nc(N(C)c1ccccc1)n2C(=O)CCSC(C)(C)CCCC. The van der Waals surface area contributed by atoms with Crippen molar-refractivity contribution in [3.63, 3.8) is 0 Å². The lowest BCUT2D eigenvalue weighted by atomic mass is 9.95. The van der Waals surface area contributed by atoms with Gasteiger partial charge in [-0.1, -0.05) is 91.0 Å². The monoisotopic (exact) mass is 507 g/mol. The Kier molecular flexibility index (Phi) is 10.5. The van der Waals surface area contributed by atoms with E-state index in [9.17, 15) is 4.79 Å². The van der Waals surface area contributed by atoms with Crippen molar-refractivity contribution in [3.8, 4) is 0 Å². The molecule has 0 saturated carbocycles. The van der Waals surface area contributed by atoms with Crippen LogP contribution in [-0.2, 0) is 0 Å². The molecule has 0 spiro atoms. The molecule has 0 aliphatic heterocycles. The first-order chi connectivity index (χ1) is 17.3. The molecule has 0 bridgehead atoms. The van der Waals surface area contributed by atoms with E-state index in [0.717, 1.165) is 22.5 Å². The number of para-hydroxylation sites is 1. The van der Waals surface area contributed by atoms with E-state index in [4.69, 9.17) is 4.98 Å². The van der Waals surface area contributed by atoms with Crippen molar-refractivity contribution in [1.82, 2.24) is 9.55 Å². The van der Waals surface area contributed by atoms with E-state index in [1.807, 2.05) is 46.5 Å². The number of aromatic nitrogens is 2. The van der Waals surface area contributed by atoms with Gasteiger partial charge >= 0.3 is 0 Å². The van der Waals surface area contributed by atoms with E-state index in [2.05, 4.69) is 65.0 Å². The van der Waals surface area contributed by atoms with Gasteiger partial charge in [-0.05, 0) is 48.6 Å². The van der Waals surface area contributed by atoms with Crippen LogP contribution in [0.25, 0.3) is 11.0 Å². The molecule has 1 unspecified atom stereocenters. The van der Waals surface area contributed by atoms with E-state index >= 15 is 0 Å². The van der Waals surface area contributed by atoms with Crippen LogP contribution in [-0.4, -0.2) is 33.0 Å². The Morgan fingerprint density at radius 2 is 1.78 bits per heavy atom. The van der Waals surface area contributed by atoms with Crippen LogP contribution in [0.4, 0.5) is 11.6 Å². The van der Waals surface area contributed by atoms with Crippen molar-refractivity contribution in [2.45, 2.75) is 96.7 Å². The zero-order valence-electron chi connectivity index (χ0n) is 23.2. The second kappa shape index (κ2) is 13.3. The van der Waals surface area contributed by atoms with Crippen molar-refractivity contribution in [3.05, 3.63) is 54.1 Å². The number of benzene rings is 2. The second-order valence-corrected chi connectivity index (χ2v) is 12.4. The number of carbonyl (C=O) groups excluding carboxylic acids is 1. The fourth-order valence-electron chi connectivity index (χ4n) is 4.70. The van der Waals surface area contributed by atoms with Gasteiger partial charge in [0.15, 0.2) is 0 Å². The van der Waals surface area contributed by atoms with Gasteiger partial charge in [-0.25, -0.2) is 9.55 Å². The first kappa shape index (κ1) is 28.3. The van der Waals surface area contributed by atoms with Crippen LogP contribution in [0, 0.1) is 0 Å². The van der Waals surface area contributed by atoms with Crippen LogP contribution in [0.15, 0.2) is 48.5 Å². The summed E-state index contributed by atoms with van der Waals surface area (Å²) in [6.45, 7) is 11.4. The topological polar surface area (TPSA) is 38.1 Å². The van der Waals surface area contributed by atoms with E-state index in [1.165, 1.54) is 50.5 Å². The summed E-state index contributed by atoms with van der Waals surface area (Å²) in [4.78, 5) is 20.7. The first-order valence-electron chi connectivity index (χ1n) is 13.8. The van der Waals surface area contributed by atoms with Gasteiger partial charge in [0.1, 0.15) is 0 Å². The molecule has 3 aromatic rings. The summed E-state index contributed by atoms with van der Waals surface area (Å²) in [7, 11) is 2.00. The molecule has 1 atom stereocenters. The number of rotatable bonds is 14. The third-order valence-corrected chi connectivity index (χ3v) is 8.50. The number of fused-ring (bicyclic) bond motifs is 1. The van der Waals surface area contributed by atoms with E-state index < -0.39 is 0 Å². The number of hydrogen-bond donors (Lipinski definition) is 0. The normalized spacial score (nSPS) is 12.7. The van der Waals surface area contributed by atoms with E-state index in [-0.39, 0.29) is 10.7 Å². The number of thioether (sulfide) groups is 1. The van der Waals surface area contributed by atoms with Gasteiger partial charge in [0, 0.05) is 29.7 Å². The maximum absolute atomic E-state index is 13.7. The van der Waals surface area contributed by atoms with Gasteiger partial charge in [0.2, 0.25) is 11.9 Å². The molecule has 0 saturated heterocycles. The highest BCUT2D eigenvalue weighted by Gasteiger charge is 2.23. The van der Waals surface area contributed by atoms with Crippen LogP contribution in [0.1, 0.15) is 102 Å². The van der Waals surface area contributed by atoms with Crippen LogP contribution in [0.5, 0.6) is 0 Å². The molecular weight excluding hydrogens is 462 g/mol. The Morgan fingerprint density at radius 3 is 2.47 bits per heavy atom. The van der Waals surface area contributed by atoms with Gasteiger partial charge in [-0.2, -0.15) is 11.8 Å². The molecule has 0 aliphatic rings. The van der Waals surface area contributed by atoms with Gasteiger partial charge in [0.25, 0.3) is 0 Å². The highest BCUT2D eigenvalue weighted by molar-refractivity contribution is 8.00. The molecule has 3 rings (SSSR count). The summed E-state index contributed by atoms with van der Waals surface area (Å²) in [6, 6.07) is 16.7. The maximum atomic E-state index is 13.7. The summed E-state index contributed by atoms with van der Waals surface area (Å²) < 4.78 is 2.03. The minimum absolute atomic E-state index is 0.109. The molecule has 0 N–H and O–H groups in total. The van der Waals surface area contributed by atoms with Crippen molar-refractivity contribution in [2.24, 2.45) is 0 Å². The molecule has 1 aromatic heterocycles. The first-order valence-corrected chi connectivity index (χ1v) is 14.7. The standard InChI is InChI=1S/C31H45N3OS/c1-7-9-12-15-24(3)25-18-19-28-27(23-25)32-30(33(6)26-16-13-11-14-17-26)34(28)29(35)20-22-36-31(4,5)21-10-8-2/h11,13-14,16-19,23-24H,7-10,12,15,20-22H2,1-6H3. The van der Waals surface area contributed by atoms with Crippen molar-refractivity contribution in [2.75, 3.05) is 17.7 Å². The lowest BCUT2D eigenvalue weighted by molar-refractivity contribution is 0.0917. The zero-order valence-corrected chi connectivity index (χ0v) is 24.0. The fourth-order valence-corrected chi connectivity index (χ4v) is 5.82. The average molecular weight is 508 g/mol. The number of anilines is 2. The van der Waals surface area contributed by atoms with Gasteiger partial charge in [-0.15, -0.1) is 0 Å².